The molecule has 1 heterocycles. The predicted octanol–water partition coefficient (Wildman–Crippen LogP) is 4.92. The highest BCUT2D eigenvalue weighted by Crippen LogP contribution is 2.33. The van der Waals surface area contributed by atoms with Gasteiger partial charge in [-0.3, -0.25) is 0 Å². The molecule has 0 atom stereocenters. The number of halogens is 2. The summed E-state index contributed by atoms with van der Waals surface area (Å²) in [4.78, 5) is 9.11. The highest BCUT2D eigenvalue weighted by atomic mass is 35.5. The Labute approximate surface area is 132 Å². The molecule has 0 saturated heterocycles. The summed E-state index contributed by atoms with van der Waals surface area (Å²) >= 11 is 12.3. The van der Waals surface area contributed by atoms with E-state index in [4.69, 9.17) is 27.9 Å². The minimum Gasteiger partial charge on any atom is -0.497 e. The van der Waals surface area contributed by atoms with Crippen LogP contribution >= 0.6 is 23.2 Å². The second-order valence-corrected chi connectivity index (χ2v) is 5.40. The first kappa shape index (κ1) is 14.1. The molecule has 0 aliphatic heterocycles. The number of hydrogen-bond donors (Lipinski definition) is 0. The molecule has 0 aliphatic rings. The van der Waals surface area contributed by atoms with E-state index in [-0.39, 0.29) is 0 Å². The standard InChI is InChI=1S/C16H12Cl2N2O/c1-9-12-8-10(21-2)6-7-14(12)20-16(19-9)11-4-3-5-13(17)15(11)18/h3-8H,1-2H3. The lowest BCUT2D eigenvalue weighted by Gasteiger charge is -2.09. The number of methoxy groups -OCH3 is 1. The van der Waals surface area contributed by atoms with Crippen molar-refractivity contribution < 1.29 is 4.74 Å². The van der Waals surface area contributed by atoms with Crippen molar-refractivity contribution in [1.82, 2.24) is 9.97 Å². The zero-order valence-electron chi connectivity index (χ0n) is 11.5. The van der Waals surface area contributed by atoms with Crippen molar-refractivity contribution in [2.45, 2.75) is 6.92 Å². The average molecular weight is 319 g/mol. The summed E-state index contributed by atoms with van der Waals surface area (Å²) in [6.45, 7) is 1.94. The number of ether oxygens (including phenoxy) is 1. The van der Waals surface area contributed by atoms with Crippen molar-refractivity contribution in [3.05, 3.63) is 52.1 Å². The molecule has 0 bridgehead atoms. The van der Waals surface area contributed by atoms with Crippen LogP contribution in [-0.4, -0.2) is 17.1 Å². The van der Waals surface area contributed by atoms with Crippen molar-refractivity contribution in [3.8, 4) is 17.1 Å². The van der Waals surface area contributed by atoms with Gasteiger partial charge in [0.15, 0.2) is 5.82 Å². The van der Waals surface area contributed by atoms with Crippen LogP contribution in [0.1, 0.15) is 5.69 Å². The first-order valence-corrected chi connectivity index (χ1v) is 7.12. The summed E-state index contributed by atoms with van der Waals surface area (Å²) in [6.07, 6.45) is 0. The minimum atomic E-state index is 0.464. The zero-order valence-corrected chi connectivity index (χ0v) is 13.0. The minimum absolute atomic E-state index is 0.464. The fraction of sp³-hybridized carbons (Fsp3) is 0.125. The Kier molecular flexibility index (Phi) is 3.70. The Balaban J connectivity index is 2.23. The van der Waals surface area contributed by atoms with Gasteiger partial charge in [0, 0.05) is 16.6 Å². The van der Waals surface area contributed by atoms with Gasteiger partial charge in [-0.1, -0.05) is 29.3 Å². The molecular formula is C16H12Cl2N2O. The molecule has 0 aliphatic carbocycles. The lowest BCUT2D eigenvalue weighted by molar-refractivity contribution is 0.415. The Morgan fingerprint density at radius 2 is 1.86 bits per heavy atom. The van der Waals surface area contributed by atoms with Crippen LogP contribution in [0.3, 0.4) is 0 Å². The molecule has 0 radical (unpaired) electrons. The quantitative estimate of drug-likeness (QED) is 0.672. The molecule has 0 amide bonds. The van der Waals surface area contributed by atoms with Crippen molar-refractivity contribution in [2.24, 2.45) is 0 Å². The van der Waals surface area contributed by atoms with Gasteiger partial charge < -0.3 is 4.74 Å². The highest BCUT2D eigenvalue weighted by Gasteiger charge is 2.12. The Bertz CT molecular complexity index is 834. The fourth-order valence-corrected chi connectivity index (χ4v) is 2.57. The van der Waals surface area contributed by atoms with Crippen LogP contribution in [0.4, 0.5) is 0 Å². The summed E-state index contributed by atoms with van der Waals surface area (Å²) in [5.74, 6) is 1.35. The Morgan fingerprint density at radius 1 is 1.05 bits per heavy atom. The Morgan fingerprint density at radius 3 is 2.62 bits per heavy atom. The second-order valence-electron chi connectivity index (χ2n) is 4.62. The average Bonchev–Trinajstić information content (AvgIpc) is 2.49. The number of rotatable bonds is 2. The number of aryl methyl sites for hydroxylation is 1. The SMILES string of the molecule is COc1ccc2nc(-c3cccc(Cl)c3Cl)nc(C)c2c1. The third-order valence-electron chi connectivity index (χ3n) is 3.29. The summed E-state index contributed by atoms with van der Waals surface area (Å²) in [6, 6.07) is 11.1. The van der Waals surface area contributed by atoms with E-state index in [1.165, 1.54) is 0 Å². The maximum atomic E-state index is 6.25. The molecule has 21 heavy (non-hydrogen) atoms. The van der Waals surface area contributed by atoms with Gasteiger partial charge in [0.1, 0.15) is 5.75 Å². The topological polar surface area (TPSA) is 35.0 Å². The molecule has 5 heteroatoms. The first-order valence-electron chi connectivity index (χ1n) is 6.37. The monoisotopic (exact) mass is 318 g/mol. The molecule has 106 valence electrons. The number of aromatic nitrogens is 2. The van der Waals surface area contributed by atoms with E-state index in [9.17, 15) is 0 Å². The third-order valence-corrected chi connectivity index (χ3v) is 4.10. The largest absolute Gasteiger partial charge is 0.497 e. The molecule has 0 spiro atoms. The van der Waals surface area contributed by atoms with Crippen LogP contribution < -0.4 is 4.74 Å². The molecule has 0 fully saturated rings. The summed E-state index contributed by atoms with van der Waals surface area (Å²) in [7, 11) is 1.64. The van der Waals surface area contributed by atoms with Crippen molar-refractivity contribution in [3.63, 3.8) is 0 Å². The normalized spacial score (nSPS) is 10.9. The number of hydrogen-bond acceptors (Lipinski definition) is 3. The number of fused-ring (bicyclic) bond motifs is 1. The van der Waals surface area contributed by atoms with E-state index in [1.807, 2.05) is 37.3 Å². The van der Waals surface area contributed by atoms with Crippen LogP contribution in [0, 0.1) is 6.92 Å². The van der Waals surface area contributed by atoms with Gasteiger partial charge in [-0.2, -0.15) is 0 Å². The molecule has 0 saturated carbocycles. The van der Waals surface area contributed by atoms with Gasteiger partial charge in [-0.05, 0) is 37.3 Å². The smallest absolute Gasteiger partial charge is 0.161 e. The van der Waals surface area contributed by atoms with Gasteiger partial charge in [0.2, 0.25) is 0 Å². The van der Waals surface area contributed by atoms with Gasteiger partial charge in [0.05, 0.1) is 22.7 Å². The van der Waals surface area contributed by atoms with E-state index in [2.05, 4.69) is 9.97 Å². The van der Waals surface area contributed by atoms with E-state index < -0.39 is 0 Å². The zero-order chi connectivity index (χ0) is 15.0. The van der Waals surface area contributed by atoms with Crippen LogP contribution in [0.25, 0.3) is 22.3 Å². The molecular weight excluding hydrogens is 307 g/mol. The predicted molar refractivity (Wildman–Crippen MR) is 86.3 cm³/mol. The number of benzene rings is 2. The van der Waals surface area contributed by atoms with Gasteiger partial charge >= 0.3 is 0 Å². The van der Waals surface area contributed by atoms with Gasteiger partial charge in [0.25, 0.3) is 0 Å². The molecule has 1 aromatic heterocycles. The lowest BCUT2D eigenvalue weighted by atomic mass is 10.1. The van der Waals surface area contributed by atoms with E-state index in [1.54, 1.807) is 13.2 Å². The van der Waals surface area contributed by atoms with Gasteiger partial charge in [-0.15, -0.1) is 0 Å². The van der Waals surface area contributed by atoms with Crippen molar-refractivity contribution in [2.75, 3.05) is 7.11 Å². The molecule has 3 rings (SSSR count). The third kappa shape index (κ3) is 2.55. The van der Waals surface area contributed by atoms with Crippen LogP contribution in [0.5, 0.6) is 5.75 Å². The first-order chi connectivity index (χ1) is 10.1. The molecule has 0 N–H and O–H groups in total. The second kappa shape index (κ2) is 5.51. The van der Waals surface area contributed by atoms with E-state index >= 15 is 0 Å². The summed E-state index contributed by atoms with van der Waals surface area (Å²) < 4.78 is 5.23. The van der Waals surface area contributed by atoms with Crippen molar-refractivity contribution >= 4 is 34.1 Å². The maximum Gasteiger partial charge on any atom is 0.161 e. The molecule has 0 unspecified atom stereocenters. The van der Waals surface area contributed by atoms with E-state index in [0.717, 1.165) is 27.9 Å². The number of nitrogens with zero attached hydrogens (tertiary/aromatic N) is 2. The lowest BCUT2D eigenvalue weighted by Crippen LogP contribution is -1.95. The van der Waals surface area contributed by atoms with Crippen LogP contribution in [-0.2, 0) is 0 Å². The van der Waals surface area contributed by atoms with Crippen molar-refractivity contribution in [1.29, 1.82) is 0 Å². The van der Waals surface area contributed by atoms with E-state index in [0.29, 0.717) is 15.9 Å². The maximum absolute atomic E-state index is 6.25. The molecule has 2 aromatic carbocycles. The summed E-state index contributed by atoms with van der Waals surface area (Å²) in [5.41, 5.74) is 2.43. The summed E-state index contributed by atoms with van der Waals surface area (Å²) in [5, 5.41) is 1.91. The van der Waals surface area contributed by atoms with Crippen LogP contribution in [0.2, 0.25) is 10.0 Å². The molecule has 3 nitrogen and oxygen atoms in total. The Hall–Kier alpha value is -1.84. The highest BCUT2D eigenvalue weighted by molar-refractivity contribution is 6.43. The fourth-order valence-electron chi connectivity index (χ4n) is 2.18. The molecule has 3 aromatic rings. The van der Waals surface area contributed by atoms with Gasteiger partial charge in [-0.25, -0.2) is 9.97 Å². The van der Waals surface area contributed by atoms with Crippen LogP contribution in [0.15, 0.2) is 36.4 Å².